The van der Waals surface area contributed by atoms with Gasteiger partial charge in [-0.2, -0.15) is 0 Å². The van der Waals surface area contributed by atoms with Crippen LogP contribution in [-0.2, 0) is 6.54 Å². The van der Waals surface area contributed by atoms with Crippen LogP contribution in [0.4, 0.5) is 9.93 Å². The maximum atomic E-state index is 11.3. The SMILES string of the molecule is O=C(NCc1ccco1)Nc1nccs1. The molecule has 5 nitrogen and oxygen atoms in total. The number of carbonyl (C=O) groups excluding carboxylic acids is 1. The van der Waals surface area contributed by atoms with Gasteiger partial charge in [0, 0.05) is 11.6 Å². The molecule has 15 heavy (non-hydrogen) atoms. The summed E-state index contributed by atoms with van der Waals surface area (Å²) >= 11 is 1.37. The topological polar surface area (TPSA) is 67.2 Å². The summed E-state index contributed by atoms with van der Waals surface area (Å²) in [5.41, 5.74) is 0. The van der Waals surface area contributed by atoms with Crippen LogP contribution in [0.5, 0.6) is 0 Å². The molecule has 0 fully saturated rings. The minimum atomic E-state index is -0.290. The number of carbonyl (C=O) groups is 1. The van der Waals surface area contributed by atoms with Gasteiger partial charge in [0.25, 0.3) is 0 Å². The third-order valence-corrected chi connectivity index (χ3v) is 2.34. The number of hydrogen-bond donors (Lipinski definition) is 2. The first-order valence-corrected chi connectivity index (χ1v) is 5.19. The van der Waals surface area contributed by atoms with E-state index in [4.69, 9.17) is 4.42 Å². The van der Waals surface area contributed by atoms with Gasteiger partial charge < -0.3 is 9.73 Å². The number of amides is 2. The number of nitrogens with one attached hydrogen (secondary N) is 2. The predicted octanol–water partition coefficient (Wildman–Crippen LogP) is 2.06. The Hall–Kier alpha value is -1.82. The molecule has 0 aliphatic rings. The first-order valence-electron chi connectivity index (χ1n) is 4.31. The van der Waals surface area contributed by atoms with E-state index in [1.165, 1.54) is 11.3 Å². The van der Waals surface area contributed by atoms with Gasteiger partial charge in [-0.1, -0.05) is 0 Å². The fraction of sp³-hybridized carbons (Fsp3) is 0.111. The van der Waals surface area contributed by atoms with Crippen molar-refractivity contribution in [3.05, 3.63) is 35.7 Å². The highest BCUT2D eigenvalue weighted by molar-refractivity contribution is 7.13. The van der Waals surface area contributed by atoms with Crippen LogP contribution in [0, 0.1) is 0 Å². The molecule has 0 aliphatic heterocycles. The van der Waals surface area contributed by atoms with E-state index >= 15 is 0 Å². The molecule has 2 heterocycles. The van der Waals surface area contributed by atoms with Crippen LogP contribution >= 0.6 is 11.3 Å². The average Bonchev–Trinajstić information content (AvgIpc) is 2.86. The molecular formula is C9H9N3O2S. The lowest BCUT2D eigenvalue weighted by atomic mass is 10.4. The molecule has 0 saturated carbocycles. The van der Waals surface area contributed by atoms with Crippen molar-refractivity contribution in [2.24, 2.45) is 0 Å². The quantitative estimate of drug-likeness (QED) is 0.836. The number of aromatic nitrogens is 1. The summed E-state index contributed by atoms with van der Waals surface area (Å²) in [4.78, 5) is 15.2. The summed E-state index contributed by atoms with van der Waals surface area (Å²) in [5, 5.41) is 7.62. The van der Waals surface area contributed by atoms with Gasteiger partial charge in [-0.25, -0.2) is 9.78 Å². The number of rotatable bonds is 3. The Kier molecular flexibility index (Phi) is 2.99. The lowest BCUT2D eigenvalue weighted by molar-refractivity contribution is 0.251. The van der Waals surface area contributed by atoms with Gasteiger partial charge >= 0.3 is 6.03 Å². The molecule has 0 radical (unpaired) electrons. The van der Waals surface area contributed by atoms with Crippen molar-refractivity contribution in [2.75, 3.05) is 5.32 Å². The Balaban J connectivity index is 1.78. The van der Waals surface area contributed by atoms with Crippen LogP contribution in [0.3, 0.4) is 0 Å². The molecule has 0 unspecified atom stereocenters. The number of thiazole rings is 1. The second kappa shape index (κ2) is 4.61. The van der Waals surface area contributed by atoms with Crippen LogP contribution < -0.4 is 10.6 Å². The fourth-order valence-corrected chi connectivity index (χ4v) is 1.53. The van der Waals surface area contributed by atoms with E-state index in [2.05, 4.69) is 15.6 Å². The number of furan rings is 1. The first-order chi connectivity index (χ1) is 7.34. The van der Waals surface area contributed by atoms with Crippen LogP contribution in [0.2, 0.25) is 0 Å². The van der Waals surface area contributed by atoms with Crippen molar-refractivity contribution in [1.29, 1.82) is 0 Å². The second-order valence-corrected chi connectivity index (χ2v) is 3.62. The smallest absolute Gasteiger partial charge is 0.321 e. The summed E-state index contributed by atoms with van der Waals surface area (Å²) in [6.07, 6.45) is 3.20. The van der Waals surface area contributed by atoms with Gasteiger partial charge in [0.2, 0.25) is 0 Å². The molecule has 0 saturated heterocycles. The van der Waals surface area contributed by atoms with Crippen LogP contribution in [-0.4, -0.2) is 11.0 Å². The minimum Gasteiger partial charge on any atom is -0.467 e. The summed E-state index contributed by atoms with van der Waals surface area (Å²) in [6, 6.07) is 3.28. The van der Waals surface area contributed by atoms with Crippen molar-refractivity contribution in [3.63, 3.8) is 0 Å². The highest BCUT2D eigenvalue weighted by Gasteiger charge is 2.03. The van der Waals surface area contributed by atoms with Crippen LogP contribution in [0.25, 0.3) is 0 Å². The zero-order valence-electron chi connectivity index (χ0n) is 7.77. The Morgan fingerprint density at radius 1 is 1.60 bits per heavy atom. The predicted molar refractivity (Wildman–Crippen MR) is 56.7 cm³/mol. The lowest BCUT2D eigenvalue weighted by Crippen LogP contribution is -2.27. The molecule has 2 aromatic heterocycles. The summed E-state index contributed by atoms with van der Waals surface area (Å²) in [7, 11) is 0. The average molecular weight is 223 g/mol. The largest absolute Gasteiger partial charge is 0.467 e. The standard InChI is InChI=1S/C9H9N3O2S/c13-8(12-9-10-3-5-15-9)11-6-7-2-1-4-14-7/h1-5H,6H2,(H2,10,11,12,13). The Labute approximate surface area is 90.1 Å². The van der Waals surface area contributed by atoms with E-state index in [1.807, 2.05) is 0 Å². The maximum absolute atomic E-state index is 11.3. The molecule has 0 aliphatic carbocycles. The molecule has 6 heteroatoms. The molecule has 2 aromatic rings. The molecule has 0 atom stereocenters. The summed E-state index contributed by atoms with van der Waals surface area (Å²) in [5.74, 6) is 0.712. The van der Waals surface area contributed by atoms with E-state index in [0.717, 1.165) is 0 Å². The van der Waals surface area contributed by atoms with E-state index in [0.29, 0.717) is 17.4 Å². The number of hydrogen-bond acceptors (Lipinski definition) is 4. The normalized spacial score (nSPS) is 9.87. The van der Waals surface area contributed by atoms with Crippen molar-refractivity contribution in [3.8, 4) is 0 Å². The van der Waals surface area contributed by atoms with E-state index in [-0.39, 0.29) is 6.03 Å². The van der Waals surface area contributed by atoms with Crippen LogP contribution in [0.15, 0.2) is 34.4 Å². The Morgan fingerprint density at radius 2 is 2.53 bits per heavy atom. The van der Waals surface area contributed by atoms with Gasteiger partial charge in [0.05, 0.1) is 12.8 Å². The minimum absolute atomic E-state index is 0.290. The first kappa shape index (κ1) is 9.72. The Morgan fingerprint density at radius 3 is 3.20 bits per heavy atom. The second-order valence-electron chi connectivity index (χ2n) is 2.72. The lowest BCUT2D eigenvalue weighted by Gasteiger charge is -2.02. The number of anilines is 1. The molecule has 0 spiro atoms. The Bertz CT molecular complexity index is 411. The molecule has 2 amide bonds. The number of urea groups is 1. The highest BCUT2D eigenvalue weighted by Crippen LogP contribution is 2.09. The highest BCUT2D eigenvalue weighted by atomic mass is 32.1. The zero-order valence-corrected chi connectivity index (χ0v) is 8.58. The fourth-order valence-electron chi connectivity index (χ4n) is 1.01. The third-order valence-electron chi connectivity index (χ3n) is 1.66. The van der Waals surface area contributed by atoms with Crippen molar-refractivity contribution < 1.29 is 9.21 Å². The van der Waals surface area contributed by atoms with Gasteiger partial charge in [-0.3, -0.25) is 5.32 Å². The number of nitrogens with zero attached hydrogens (tertiary/aromatic N) is 1. The van der Waals surface area contributed by atoms with Crippen molar-refractivity contribution in [2.45, 2.75) is 6.54 Å². The van der Waals surface area contributed by atoms with Gasteiger partial charge in [0.15, 0.2) is 5.13 Å². The van der Waals surface area contributed by atoms with Gasteiger partial charge in [0.1, 0.15) is 5.76 Å². The molecule has 78 valence electrons. The summed E-state index contributed by atoms with van der Waals surface area (Å²) in [6.45, 7) is 0.365. The van der Waals surface area contributed by atoms with Crippen molar-refractivity contribution >= 4 is 22.5 Å². The third kappa shape index (κ3) is 2.81. The molecule has 2 rings (SSSR count). The van der Waals surface area contributed by atoms with E-state index in [1.54, 1.807) is 30.0 Å². The zero-order chi connectivity index (χ0) is 10.5. The molecule has 2 N–H and O–H groups in total. The van der Waals surface area contributed by atoms with Gasteiger partial charge in [-0.15, -0.1) is 11.3 Å². The van der Waals surface area contributed by atoms with E-state index in [9.17, 15) is 4.79 Å². The molecular weight excluding hydrogens is 214 g/mol. The van der Waals surface area contributed by atoms with Crippen molar-refractivity contribution in [1.82, 2.24) is 10.3 Å². The van der Waals surface area contributed by atoms with Crippen LogP contribution in [0.1, 0.15) is 5.76 Å². The molecule has 0 bridgehead atoms. The summed E-state index contributed by atoms with van der Waals surface area (Å²) < 4.78 is 5.06. The monoisotopic (exact) mass is 223 g/mol. The molecule has 0 aromatic carbocycles. The van der Waals surface area contributed by atoms with Gasteiger partial charge in [-0.05, 0) is 12.1 Å². The van der Waals surface area contributed by atoms with E-state index < -0.39 is 0 Å². The maximum Gasteiger partial charge on any atom is 0.321 e.